The molecule has 4 aromatic rings. The third-order valence-electron chi connectivity index (χ3n) is 5.25. The van der Waals surface area contributed by atoms with Gasteiger partial charge in [0.15, 0.2) is 11.4 Å². The Hall–Kier alpha value is -3.49. The summed E-state index contributed by atoms with van der Waals surface area (Å²) in [6, 6.07) is 9.87. The van der Waals surface area contributed by atoms with Gasteiger partial charge in [-0.25, -0.2) is 13.8 Å². The normalized spacial score (nSPS) is 15.3. The quantitative estimate of drug-likeness (QED) is 0.529. The molecule has 0 saturated carbocycles. The second-order valence-electron chi connectivity index (χ2n) is 7.20. The van der Waals surface area contributed by atoms with Crippen molar-refractivity contribution < 1.29 is 8.81 Å². The maximum atomic E-state index is 13.4. The Morgan fingerprint density at radius 2 is 2.03 bits per heavy atom. The van der Waals surface area contributed by atoms with E-state index in [0.29, 0.717) is 35.4 Å². The van der Waals surface area contributed by atoms with Crippen molar-refractivity contribution in [2.24, 2.45) is 5.92 Å². The number of hydrogen-bond acceptors (Lipinski definition) is 6. The summed E-state index contributed by atoms with van der Waals surface area (Å²) in [6.45, 7) is 2.07. The van der Waals surface area contributed by atoms with E-state index in [-0.39, 0.29) is 11.4 Å². The van der Waals surface area contributed by atoms with Gasteiger partial charge in [-0.2, -0.15) is 10.1 Å². The zero-order valence-corrected chi connectivity index (χ0v) is 15.6. The Balaban J connectivity index is 1.27. The van der Waals surface area contributed by atoms with Gasteiger partial charge in [-0.15, -0.1) is 5.10 Å². The maximum absolute atomic E-state index is 13.4. The zero-order valence-electron chi connectivity index (χ0n) is 15.6. The average Bonchev–Trinajstić information content (AvgIpc) is 3.40. The van der Waals surface area contributed by atoms with E-state index >= 15 is 0 Å². The molecule has 0 atom stereocenters. The topological polar surface area (TPSA) is 82.0 Å². The smallest absolute Gasteiger partial charge is 0.298 e. The van der Waals surface area contributed by atoms with Crippen molar-refractivity contribution in [3.05, 3.63) is 65.0 Å². The standard InChI is InChI=1S/C20H19FN6O2/c21-15-2-3-16-17(12-15)29-20(23-16)25-10-6-14(7-11-25)13-27-19(28)5-4-18(24-27)26-9-1-8-22-26/h1-5,8-9,12,14H,6-7,10-11,13H2. The number of benzene rings is 1. The van der Waals surface area contributed by atoms with Crippen LogP contribution in [0.5, 0.6) is 0 Å². The third kappa shape index (κ3) is 3.51. The number of aromatic nitrogens is 5. The van der Waals surface area contributed by atoms with E-state index in [4.69, 9.17) is 4.42 Å². The number of anilines is 1. The lowest BCUT2D eigenvalue weighted by Crippen LogP contribution is -2.37. The number of hydrogen-bond donors (Lipinski definition) is 0. The highest BCUT2D eigenvalue weighted by molar-refractivity contribution is 5.74. The van der Waals surface area contributed by atoms with Crippen LogP contribution in [0.1, 0.15) is 12.8 Å². The molecule has 0 spiro atoms. The van der Waals surface area contributed by atoms with Crippen molar-refractivity contribution in [3.63, 3.8) is 0 Å². The summed E-state index contributed by atoms with van der Waals surface area (Å²) >= 11 is 0. The summed E-state index contributed by atoms with van der Waals surface area (Å²) in [5.74, 6) is 0.603. The second kappa shape index (κ2) is 7.16. The summed E-state index contributed by atoms with van der Waals surface area (Å²) < 4.78 is 22.2. The van der Waals surface area contributed by atoms with Gasteiger partial charge in [-0.1, -0.05) is 0 Å². The number of fused-ring (bicyclic) bond motifs is 1. The van der Waals surface area contributed by atoms with Crippen molar-refractivity contribution >= 4 is 17.1 Å². The lowest BCUT2D eigenvalue weighted by molar-refractivity contribution is 0.327. The van der Waals surface area contributed by atoms with Gasteiger partial charge in [0.05, 0.1) is 0 Å². The van der Waals surface area contributed by atoms with Gasteiger partial charge in [0.25, 0.3) is 11.6 Å². The molecule has 0 bridgehead atoms. The Kier molecular flexibility index (Phi) is 4.34. The molecule has 1 aliphatic rings. The highest BCUT2D eigenvalue weighted by Gasteiger charge is 2.23. The van der Waals surface area contributed by atoms with Crippen LogP contribution in [0, 0.1) is 11.7 Å². The first-order valence-electron chi connectivity index (χ1n) is 9.55. The van der Waals surface area contributed by atoms with Gasteiger partial charge in [0.2, 0.25) is 0 Å². The molecule has 148 valence electrons. The van der Waals surface area contributed by atoms with E-state index < -0.39 is 0 Å². The predicted octanol–water partition coefficient (Wildman–Crippen LogP) is 2.63. The molecule has 4 heterocycles. The van der Waals surface area contributed by atoms with Crippen molar-refractivity contribution in [2.75, 3.05) is 18.0 Å². The van der Waals surface area contributed by atoms with Gasteiger partial charge in [0.1, 0.15) is 11.3 Å². The number of piperidine rings is 1. The van der Waals surface area contributed by atoms with Gasteiger partial charge < -0.3 is 9.32 Å². The fraction of sp³-hybridized carbons (Fsp3) is 0.300. The number of oxazole rings is 1. The molecule has 8 nitrogen and oxygen atoms in total. The van der Waals surface area contributed by atoms with Crippen molar-refractivity contribution in [2.45, 2.75) is 19.4 Å². The Bertz CT molecular complexity index is 1190. The molecule has 0 radical (unpaired) electrons. The van der Waals surface area contributed by atoms with Crippen LogP contribution in [-0.2, 0) is 6.54 Å². The molecular weight excluding hydrogens is 375 g/mol. The van der Waals surface area contributed by atoms with E-state index in [1.54, 1.807) is 29.2 Å². The van der Waals surface area contributed by atoms with E-state index in [2.05, 4.69) is 20.1 Å². The van der Waals surface area contributed by atoms with Crippen LogP contribution in [0.2, 0.25) is 0 Å². The van der Waals surface area contributed by atoms with Crippen molar-refractivity contribution in [1.82, 2.24) is 24.5 Å². The average molecular weight is 394 g/mol. The fourth-order valence-corrected chi connectivity index (χ4v) is 3.67. The first kappa shape index (κ1) is 17.6. The van der Waals surface area contributed by atoms with Crippen LogP contribution in [0.15, 0.2) is 58.0 Å². The van der Waals surface area contributed by atoms with Crippen LogP contribution in [-0.4, -0.2) is 37.6 Å². The predicted molar refractivity (Wildman–Crippen MR) is 105 cm³/mol. The molecule has 0 aliphatic carbocycles. The summed E-state index contributed by atoms with van der Waals surface area (Å²) in [6.07, 6.45) is 5.23. The molecule has 0 amide bonds. The largest absolute Gasteiger partial charge is 0.423 e. The van der Waals surface area contributed by atoms with Crippen LogP contribution >= 0.6 is 0 Å². The molecule has 3 aromatic heterocycles. The van der Waals surface area contributed by atoms with Crippen molar-refractivity contribution in [3.8, 4) is 5.82 Å². The SMILES string of the molecule is O=c1ccc(-n2cccn2)nn1CC1CCN(c2nc3ccc(F)cc3o2)CC1. The molecule has 1 saturated heterocycles. The summed E-state index contributed by atoms with van der Waals surface area (Å²) in [4.78, 5) is 18.7. The first-order valence-corrected chi connectivity index (χ1v) is 9.55. The minimum atomic E-state index is -0.339. The minimum absolute atomic E-state index is 0.121. The third-order valence-corrected chi connectivity index (χ3v) is 5.25. The Labute approximate surface area is 165 Å². The molecule has 9 heteroatoms. The van der Waals surface area contributed by atoms with E-state index in [9.17, 15) is 9.18 Å². The lowest BCUT2D eigenvalue weighted by atomic mass is 9.97. The molecular formula is C20H19FN6O2. The van der Waals surface area contributed by atoms with Crippen LogP contribution in [0.3, 0.4) is 0 Å². The van der Waals surface area contributed by atoms with Gasteiger partial charge in [-0.3, -0.25) is 4.79 Å². The van der Waals surface area contributed by atoms with E-state index in [1.165, 1.54) is 22.9 Å². The van der Waals surface area contributed by atoms with Crippen LogP contribution in [0.25, 0.3) is 16.9 Å². The van der Waals surface area contributed by atoms with Crippen molar-refractivity contribution in [1.29, 1.82) is 0 Å². The summed E-state index contributed by atoms with van der Waals surface area (Å²) in [7, 11) is 0. The highest BCUT2D eigenvalue weighted by atomic mass is 19.1. The number of halogens is 1. The molecule has 1 aromatic carbocycles. The maximum Gasteiger partial charge on any atom is 0.298 e. The Morgan fingerprint density at radius 3 is 2.83 bits per heavy atom. The van der Waals surface area contributed by atoms with E-state index in [0.717, 1.165) is 25.9 Å². The molecule has 0 unspecified atom stereocenters. The summed E-state index contributed by atoms with van der Waals surface area (Å²) in [5, 5.41) is 8.61. The monoisotopic (exact) mass is 394 g/mol. The van der Waals surface area contributed by atoms with E-state index in [1.807, 2.05) is 6.07 Å². The molecule has 1 fully saturated rings. The van der Waals surface area contributed by atoms with Crippen LogP contribution < -0.4 is 10.5 Å². The summed E-state index contributed by atoms with van der Waals surface area (Å²) in [5.41, 5.74) is 0.979. The fourth-order valence-electron chi connectivity index (χ4n) is 3.67. The lowest BCUT2D eigenvalue weighted by Gasteiger charge is -2.30. The molecule has 0 N–H and O–H groups in total. The zero-order chi connectivity index (χ0) is 19.8. The van der Waals surface area contributed by atoms with Gasteiger partial charge >= 0.3 is 0 Å². The van der Waals surface area contributed by atoms with Gasteiger partial charge in [0, 0.05) is 44.2 Å². The molecule has 29 heavy (non-hydrogen) atoms. The Morgan fingerprint density at radius 1 is 1.17 bits per heavy atom. The van der Waals surface area contributed by atoms with Crippen LogP contribution in [0.4, 0.5) is 10.4 Å². The molecule has 5 rings (SSSR count). The number of nitrogens with zero attached hydrogens (tertiary/aromatic N) is 6. The molecule has 1 aliphatic heterocycles. The second-order valence-corrected chi connectivity index (χ2v) is 7.20. The highest BCUT2D eigenvalue weighted by Crippen LogP contribution is 2.27. The minimum Gasteiger partial charge on any atom is -0.423 e. The number of rotatable bonds is 4. The first-order chi connectivity index (χ1) is 14.2. The van der Waals surface area contributed by atoms with Gasteiger partial charge in [-0.05, 0) is 43.0 Å².